The van der Waals surface area contributed by atoms with Crippen LogP contribution in [0.5, 0.6) is 5.75 Å². The lowest BCUT2D eigenvalue weighted by Gasteiger charge is -2.17. The molecule has 1 aromatic rings. The number of hydrogen-bond acceptors (Lipinski definition) is 3. The Labute approximate surface area is 86.6 Å². The van der Waals surface area contributed by atoms with Crippen LogP contribution in [-0.2, 0) is 5.33 Å². The van der Waals surface area contributed by atoms with Gasteiger partial charge >= 0.3 is 0 Å². The van der Waals surface area contributed by atoms with E-state index in [0.717, 1.165) is 22.3 Å². The summed E-state index contributed by atoms with van der Waals surface area (Å²) >= 11 is 3.41. The van der Waals surface area contributed by atoms with E-state index in [1.807, 2.05) is 18.2 Å². The molecule has 0 aliphatic rings. The fourth-order valence-electron chi connectivity index (χ4n) is 1.21. The van der Waals surface area contributed by atoms with E-state index < -0.39 is 0 Å². The van der Waals surface area contributed by atoms with Crippen LogP contribution in [0.3, 0.4) is 0 Å². The summed E-state index contributed by atoms with van der Waals surface area (Å²) in [6.45, 7) is 0. The first-order chi connectivity index (χ1) is 6.20. The summed E-state index contributed by atoms with van der Waals surface area (Å²) in [6.07, 6.45) is 0. The Balaban J connectivity index is 3.19. The molecule has 4 heteroatoms. The average Bonchev–Trinajstić information content (AvgIpc) is 2.16. The molecule has 0 unspecified atom stereocenters. The Morgan fingerprint density at radius 2 is 2.23 bits per heavy atom. The molecule has 0 amide bonds. The number of hydrogen-bond donors (Lipinski definition) is 1. The highest BCUT2D eigenvalue weighted by Crippen LogP contribution is 2.29. The van der Waals surface area contributed by atoms with Crippen LogP contribution in [0.4, 0.5) is 5.69 Å². The molecule has 0 aliphatic heterocycles. The zero-order valence-electron chi connectivity index (χ0n) is 7.75. The fourth-order valence-corrected chi connectivity index (χ4v) is 1.77. The van der Waals surface area contributed by atoms with Gasteiger partial charge in [-0.1, -0.05) is 22.0 Å². The molecular weight excluding hydrogens is 232 g/mol. The second-order valence-corrected chi connectivity index (χ2v) is 3.26. The van der Waals surface area contributed by atoms with Crippen molar-refractivity contribution in [2.45, 2.75) is 5.33 Å². The monoisotopic (exact) mass is 244 g/mol. The molecule has 0 bridgehead atoms. The van der Waals surface area contributed by atoms with Crippen LogP contribution in [0, 0.1) is 0 Å². The topological polar surface area (TPSA) is 38.5 Å². The molecular formula is C9H13BrN2O. The first-order valence-electron chi connectivity index (χ1n) is 3.91. The van der Waals surface area contributed by atoms with Crippen molar-refractivity contribution in [2.75, 3.05) is 19.2 Å². The van der Waals surface area contributed by atoms with Crippen LogP contribution in [0.15, 0.2) is 18.2 Å². The number of hydrazine groups is 1. The van der Waals surface area contributed by atoms with Crippen LogP contribution < -0.4 is 15.6 Å². The first kappa shape index (κ1) is 10.3. The van der Waals surface area contributed by atoms with Crippen LogP contribution >= 0.6 is 15.9 Å². The van der Waals surface area contributed by atoms with Gasteiger partial charge in [0.15, 0.2) is 0 Å². The van der Waals surface area contributed by atoms with Gasteiger partial charge in [0.2, 0.25) is 0 Å². The van der Waals surface area contributed by atoms with E-state index in [2.05, 4.69) is 15.9 Å². The molecule has 0 saturated carbocycles. The van der Waals surface area contributed by atoms with Crippen molar-refractivity contribution in [1.82, 2.24) is 0 Å². The minimum atomic E-state index is 0.730. The fraction of sp³-hybridized carbons (Fsp3) is 0.333. The lowest BCUT2D eigenvalue weighted by atomic mass is 10.2. The molecule has 0 atom stereocenters. The Morgan fingerprint density at radius 1 is 1.54 bits per heavy atom. The van der Waals surface area contributed by atoms with Gasteiger partial charge in [-0.05, 0) is 12.1 Å². The number of anilines is 1. The number of benzene rings is 1. The first-order valence-corrected chi connectivity index (χ1v) is 5.03. The molecule has 0 fully saturated rings. The largest absolute Gasteiger partial charge is 0.496 e. The van der Waals surface area contributed by atoms with Gasteiger partial charge in [-0.2, -0.15) is 0 Å². The lowest BCUT2D eigenvalue weighted by Crippen LogP contribution is -2.26. The maximum Gasteiger partial charge on any atom is 0.125 e. The molecule has 72 valence electrons. The Kier molecular flexibility index (Phi) is 3.57. The Bertz CT molecular complexity index is 289. The van der Waals surface area contributed by atoms with Crippen molar-refractivity contribution < 1.29 is 4.74 Å². The smallest absolute Gasteiger partial charge is 0.125 e. The standard InChI is InChI=1S/C9H13BrN2O/c1-12(11)8-4-3-5-9(13-2)7(8)6-10/h3-5H,6,11H2,1-2H3. The summed E-state index contributed by atoms with van der Waals surface area (Å²) in [5.74, 6) is 6.52. The zero-order valence-corrected chi connectivity index (χ0v) is 9.34. The maximum absolute atomic E-state index is 5.67. The quantitative estimate of drug-likeness (QED) is 0.502. The summed E-state index contributed by atoms with van der Waals surface area (Å²) in [4.78, 5) is 0. The number of rotatable bonds is 3. The predicted octanol–water partition coefficient (Wildman–Crippen LogP) is 1.90. The Morgan fingerprint density at radius 3 is 2.69 bits per heavy atom. The second-order valence-electron chi connectivity index (χ2n) is 2.70. The third-order valence-electron chi connectivity index (χ3n) is 1.84. The predicted molar refractivity (Wildman–Crippen MR) is 58.2 cm³/mol. The van der Waals surface area contributed by atoms with Crippen LogP contribution in [0.2, 0.25) is 0 Å². The SMILES string of the molecule is COc1cccc(N(C)N)c1CBr. The van der Waals surface area contributed by atoms with Gasteiger partial charge < -0.3 is 9.75 Å². The maximum atomic E-state index is 5.67. The van der Waals surface area contributed by atoms with E-state index in [1.54, 1.807) is 19.2 Å². The van der Waals surface area contributed by atoms with E-state index in [0.29, 0.717) is 0 Å². The molecule has 0 aromatic heterocycles. The van der Waals surface area contributed by atoms with Gasteiger partial charge in [0.25, 0.3) is 0 Å². The molecule has 0 radical (unpaired) electrons. The summed E-state index contributed by atoms with van der Waals surface area (Å²) in [5.41, 5.74) is 2.03. The van der Waals surface area contributed by atoms with Crippen LogP contribution in [-0.4, -0.2) is 14.2 Å². The van der Waals surface area contributed by atoms with Gasteiger partial charge in [0.1, 0.15) is 5.75 Å². The van der Waals surface area contributed by atoms with E-state index in [9.17, 15) is 0 Å². The number of nitrogens with zero attached hydrogens (tertiary/aromatic N) is 1. The normalized spacial score (nSPS) is 9.85. The van der Waals surface area contributed by atoms with Crippen molar-refractivity contribution in [3.8, 4) is 5.75 Å². The number of alkyl halides is 1. The van der Waals surface area contributed by atoms with Gasteiger partial charge in [-0.3, -0.25) is 0 Å². The minimum Gasteiger partial charge on any atom is -0.496 e. The highest BCUT2D eigenvalue weighted by Gasteiger charge is 2.08. The second kappa shape index (κ2) is 4.48. The minimum absolute atomic E-state index is 0.730. The van der Waals surface area contributed by atoms with Gasteiger partial charge in [-0.25, -0.2) is 5.84 Å². The third kappa shape index (κ3) is 2.14. The number of methoxy groups -OCH3 is 1. The van der Waals surface area contributed by atoms with E-state index in [-0.39, 0.29) is 0 Å². The van der Waals surface area contributed by atoms with Crippen molar-refractivity contribution in [1.29, 1.82) is 0 Å². The molecule has 0 saturated heterocycles. The molecule has 3 nitrogen and oxygen atoms in total. The summed E-state index contributed by atoms with van der Waals surface area (Å²) in [7, 11) is 3.46. The zero-order chi connectivity index (χ0) is 9.84. The number of ether oxygens (including phenoxy) is 1. The van der Waals surface area contributed by atoms with E-state index in [1.165, 1.54) is 0 Å². The summed E-state index contributed by atoms with van der Waals surface area (Å²) < 4.78 is 5.21. The lowest BCUT2D eigenvalue weighted by molar-refractivity contribution is 0.411. The molecule has 0 aliphatic carbocycles. The van der Waals surface area contributed by atoms with E-state index >= 15 is 0 Å². The van der Waals surface area contributed by atoms with Crippen LogP contribution in [0.1, 0.15) is 5.56 Å². The third-order valence-corrected chi connectivity index (χ3v) is 2.40. The number of halogens is 1. The summed E-state index contributed by atoms with van der Waals surface area (Å²) in [5, 5.41) is 2.31. The Hall–Kier alpha value is -0.740. The average molecular weight is 245 g/mol. The molecule has 13 heavy (non-hydrogen) atoms. The highest BCUT2D eigenvalue weighted by molar-refractivity contribution is 9.08. The summed E-state index contributed by atoms with van der Waals surface area (Å²) in [6, 6.07) is 5.80. The van der Waals surface area contributed by atoms with Gasteiger partial charge in [0.05, 0.1) is 12.8 Å². The molecule has 0 heterocycles. The highest BCUT2D eigenvalue weighted by atomic mass is 79.9. The van der Waals surface area contributed by atoms with E-state index in [4.69, 9.17) is 10.6 Å². The van der Waals surface area contributed by atoms with Crippen molar-refractivity contribution in [3.63, 3.8) is 0 Å². The van der Waals surface area contributed by atoms with Gasteiger partial charge in [-0.15, -0.1) is 0 Å². The molecule has 0 spiro atoms. The van der Waals surface area contributed by atoms with Crippen LogP contribution in [0.25, 0.3) is 0 Å². The van der Waals surface area contributed by atoms with Crippen molar-refractivity contribution in [2.24, 2.45) is 5.84 Å². The van der Waals surface area contributed by atoms with Crippen molar-refractivity contribution >= 4 is 21.6 Å². The van der Waals surface area contributed by atoms with Crippen molar-refractivity contribution in [3.05, 3.63) is 23.8 Å². The number of nitrogens with two attached hydrogens (primary N) is 1. The van der Waals surface area contributed by atoms with Gasteiger partial charge in [0, 0.05) is 17.9 Å². The molecule has 1 aromatic carbocycles. The molecule has 1 rings (SSSR count). The molecule has 2 N–H and O–H groups in total.